The van der Waals surface area contributed by atoms with Crippen molar-refractivity contribution in [2.24, 2.45) is 17.3 Å². The molecule has 2 aliphatic carbocycles. The van der Waals surface area contributed by atoms with Gasteiger partial charge in [0, 0.05) is 6.54 Å². The smallest absolute Gasteiger partial charge is 0.240 e. The molecule has 2 aliphatic rings. The Kier molecular flexibility index (Phi) is 3.18. The van der Waals surface area contributed by atoms with E-state index in [0.717, 1.165) is 38.1 Å². The lowest BCUT2D eigenvalue weighted by Crippen LogP contribution is -2.40. The highest BCUT2D eigenvalue weighted by Crippen LogP contribution is 2.38. The minimum Gasteiger partial charge on any atom is -0.354 e. The number of hydrogen-bond acceptors (Lipinski definition) is 2. The fourth-order valence-electron chi connectivity index (χ4n) is 2.62. The van der Waals surface area contributed by atoms with Crippen molar-refractivity contribution < 1.29 is 4.79 Å². The molecule has 2 fully saturated rings. The van der Waals surface area contributed by atoms with E-state index in [4.69, 9.17) is 5.26 Å². The third-order valence-corrected chi connectivity index (χ3v) is 4.12. The fourth-order valence-corrected chi connectivity index (χ4v) is 2.62. The number of nitrogens with one attached hydrogen (secondary N) is 1. The first-order valence-corrected chi connectivity index (χ1v) is 6.37. The molecule has 0 radical (unpaired) electrons. The summed E-state index contributed by atoms with van der Waals surface area (Å²) in [7, 11) is 0. The zero-order chi connectivity index (χ0) is 11.6. The summed E-state index contributed by atoms with van der Waals surface area (Å²) in [5.41, 5.74) is -0.705. The first kappa shape index (κ1) is 11.4. The topological polar surface area (TPSA) is 52.9 Å². The average Bonchev–Trinajstić information content (AvgIpc) is 3.04. The number of amides is 1. The molecule has 1 unspecified atom stereocenters. The van der Waals surface area contributed by atoms with Crippen LogP contribution in [0.3, 0.4) is 0 Å². The fraction of sp³-hybridized carbons (Fsp3) is 0.846. The van der Waals surface area contributed by atoms with Crippen LogP contribution >= 0.6 is 0 Å². The van der Waals surface area contributed by atoms with Crippen LogP contribution in [0.4, 0.5) is 0 Å². The molecule has 0 aromatic heterocycles. The van der Waals surface area contributed by atoms with Crippen molar-refractivity contribution in [2.75, 3.05) is 6.54 Å². The lowest BCUT2D eigenvalue weighted by molar-refractivity contribution is -0.128. The summed E-state index contributed by atoms with van der Waals surface area (Å²) in [5.74, 6) is 1.35. The van der Waals surface area contributed by atoms with Gasteiger partial charge in [-0.3, -0.25) is 4.79 Å². The number of hydrogen-bond donors (Lipinski definition) is 1. The summed E-state index contributed by atoms with van der Waals surface area (Å²) in [5, 5.41) is 12.1. The van der Waals surface area contributed by atoms with Gasteiger partial charge < -0.3 is 5.32 Å². The Bertz CT molecular complexity index is 308. The summed E-state index contributed by atoms with van der Waals surface area (Å²) < 4.78 is 0. The number of rotatable bonds is 4. The van der Waals surface area contributed by atoms with E-state index in [2.05, 4.69) is 18.3 Å². The van der Waals surface area contributed by atoms with Crippen LogP contribution in [0.25, 0.3) is 0 Å². The second kappa shape index (κ2) is 4.45. The van der Waals surface area contributed by atoms with Crippen molar-refractivity contribution in [1.82, 2.24) is 5.32 Å². The van der Waals surface area contributed by atoms with Gasteiger partial charge in [-0.2, -0.15) is 5.26 Å². The highest BCUT2D eigenvalue weighted by Gasteiger charge is 2.41. The summed E-state index contributed by atoms with van der Waals surface area (Å²) in [6.07, 6.45) is 6.12. The Morgan fingerprint density at radius 3 is 2.62 bits per heavy atom. The quantitative estimate of drug-likeness (QED) is 0.790. The van der Waals surface area contributed by atoms with E-state index < -0.39 is 5.41 Å². The van der Waals surface area contributed by atoms with E-state index in [1.165, 1.54) is 12.8 Å². The molecule has 3 heteroatoms. The monoisotopic (exact) mass is 220 g/mol. The molecule has 2 saturated carbocycles. The first-order valence-electron chi connectivity index (χ1n) is 6.37. The lowest BCUT2D eigenvalue weighted by Gasteiger charge is -2.20. The van der Waals surface area contributed by atoms with Gasteiger partial charge in [0.15, 0.2) is 0 Å². The zero-order valence-electron chi connectivity index (χ0n) is 9.96. The van der Waals surface area contributed by atoms with E-state index in [1.54, 1.807) is 0 Å². The van der Waals surface area contributed by atoms with Gasteiger partial charge in [-0.05, 0) is 37.5 Å². The van der Waals surface area contributed by atoms with Crippen LogP contribution in [-0.4, -0.2) is 12.5 Å². The summed E-state index contributed by atoms with van der Waals surface area (Å²) in [6, 6.07) is 2.23. The molecule has 0 aromatic carbocycles. The maximum absolute atomic E-state index is 12.0. The van der Waals surface area contributed by atoms with Crippen molar-refractivity contribution in [3.8, 4) is 6.07 Å². The van der Waals surface area contributed by atoms with Crippen molar-refractivity contribution in [1.29, 1.82) is 5.26 Å². The van der Waals surface area contributed by atoms with Gasteiger partial charge in [0.2, 0.25) is 5.91 Å². The number of carbonyl (C=O) groups excluding carboxylic acids is 1. The molecule has 3 nitrogen and oxygen atoms in total. The average molecular weight is 220 g/mol. The predicted molar refractivity (Wildman–Crippen MR) is 61.4 cm³/mol. The number of nitriles is 1. The van der Waals surface area contributed by atoms with Gasteiger partial charge >= 0.3 is 0 Å². The SMILES string of the molecule is CC(CNC(=O)C1(C#N)CCCC1)C1CC1. The molecule has 0 heterocycles. The van der Waals surface area contributed by atoms with Gasteiger partial charge in [-0.25, -0.2) is 0 Å². The minimum atomic E-state index is -0.705. The second-order valence-electron chi connectivity index (χ2n) is 5.43. The highest BCUT2D eigenvalue weighted by molar-refractivity contribution is 5.85. The second-order valence-corrected chi connectivity index (χ2v) is 5.43. The van der Waals surface area contributed by atoms with E-state index in [9.17, 15) is 4.79 Å². The van der Waals surface area contributed by atoms with Crippen LogP contribution in [0.15, 0.2) is 0 Å². The summed E-state index contributed by atoms with van der Waals surface area (Å²) >= 11 is 0. The van der Waals surface area contributed by atoms with Crippen molar-refractivity contribution >= 4 is 5.91 Å². The van der Waals surface area contributed by atoms with Crippen LogP contribution in [0, 0.1) is 28.6 Å². The van der Waals surface area contributed by atoms with Crippen LogP contribution in [0.1, 0.15) is 45.4 Å². The van der Waals surface area contributed by atoms with Crippen LogP contribution in [0.5, 0.6) is 0 Å². The zero-order valence-corrected chi connectivity index (χ0v) is 9.96. The molecule has 1 amide bonds. The highest BCUT2D eigenvalue weighted by atomic mass is 16.2. The third-order valence-electron chi connectivity index (χ3n) is 4.12. The Balaban J connectivity index is 1.84. The largest absolute Gasteiger partial charge is 0.354 e. The van der Waals surface area contributed by atoms with E-state index >= 15 is 0 Å². The van der Waals surface area contributed by atoms with Crippen molar-refractivity contribution in [3.05, 3.63) is 0 Å². The molecular weight excluding hydrogens is 200 g/mol. The lowest BCUT2D eigenvalue weighted by atomic mass is 9.87. The van der Waals surface area contributed by atoms with E-state index in [0.29, 0.717) is 5.92 Å². The molecule has 0 aliphatic heterocycles. The molecule has 0 spiro atoms. The Hall–Kier alpha value is -1.04. The van der Waals surface area contributed by atoms with Gasteiger partial charge in [-0.15, -0.1) is 0 Å². The number of nitrogens with zero attached hydrogens (tertiary/aromatic N) is 1. The van der Waals surface area contributed by atoms with Gasteiger partial charge in [0.25, 0.3) is 0 Å². The molecule has 0 aromatic rings. The Morgan fingerprint density at radius 2 is 2.12 bits per heavy atom. The standard InChI is InChI=1S/C13H20N2O/c1-10(11-4-5-11)8-15-12(16)13(9-14)6-2-3-7-13/h10-11H,2-8H2,1H3,(H,15,16). The van der Waals surface area contributed by atoms with Crippen LogP contribution < -0.4 is 5.32 Å². The molecular formula is C13H20N2O. The summed E-state index contributed by atoms with van der Waals surface area (Å²) in [4.78, 5) is 12.0. The van der Waals surface area contributed by atoms with Crippen molar-refractivity contribution in [2.45, 2.75) is 45.4 Å². The van der Waals surface area contributed by atoms with Gasteiger partial charge in [0.05, 0.1) is 6.07 Å². The molecule has 88 valence electrons. The maximum Gasteiger partial charge on any atom is 0.240 e. The van der Waals surface area contributed by atoms with Gasteiger partial charge in [-0.1, -0.05) is 19.8 Å². The van der Waals surface area contributed by atoms with E-state index in [-0.39, 0.29) is 5.91 Å². The van der Waals surface area contributed by atoms with E-state index in [1.807, 2.05) is 0 Å². The normalized spacial score (nSPS) is 24.8. The Labute approximate surface area is 97.2 Å². The van der Waals surface area contributed by atoms with Gasteiger partial charge in [0.1, 0.15) is 5.41 Å². The first-order chi connectivity index (χ1) is 7.68. The molecule has 16 heavy (non-hydrogen) atoms. The predicted octanol–water partition coefficient (Wildman–Crippen LogP) is 2.23. The third kappa shape index (κ3) is 2.21. The van der Waals surface area contributed by atoms with Crippen LogP contribution in [0.2, 0.25) is 0 Å². The molecule has 2 rings (SSSR count). The molecule has 0 bridgehead atoms. The Morgan fingerprint density at radius 1 is 1.50 bits per heavy atom. The van der Waals surface area contributed by atoms with Crippen LogP contribution in [-0.2, 0) is 4.79 Å². The summed E-state index contributed by atoms with van der Waals surface area (Å²) in [6.45, 7) is 2.93. The van der Waals surface area contributed by atoms with Crippen molar-refractivity contribution in [3.63, 3.8) is 0 Å². The molecule has 1 atom stereocenters. The minimum absolute atomic E-state index is 0.0278. The maximum atomic E-state index is 12.0. The molecule has 1 N–H and O–H groups in total. The molecule has 0 saturated heterocycles. The number of carbonyl (C=O) groups is 1.